The second-order valence-electron chi connectivity index (χ2n) is 12.0. The molecule has 0 aliphatic heterocycles. The summed E-state index contributed by atoms with van der Waals surface area (Å²) in [4.78, 5) is 24.5. The first-order valence-electron chi connectivity index (χ1n) is 15.1. The molecular weight excluding hydrogens is 754 g/mol. The number of rotatable bonds is 6. The number of ether oxygens (including phenoxy) is 2. The fourth-order valence-corrected chi connectivity index (χ4v) is 4.42. The van der Waals surface area contributed by atoms with E-state index in [1.54, 1.807) is 33.9 Å². The molecule has 0 aliphatic carbocycles. The maximum Gasteiger partial charge on any atom is 1.00 e. The summed E-state index contributed by atoms with van der Waals surface area (Å²) < 4.78 is 31.6. The van der Waals surface area contributed by atoms with Crippen LogP contribution in [0, 0.1) is 16.6 Å². The molecular formula is C37H46Br2FLiN2O4S. The van der Waals surface area contributed by atoms with Gasteiger partial charge >= 0.3 is 18.9 Å². The predicted octanol–water partition coefficient (Wildman–Crippen LogP) is 8.19. The molecule has 256 valence electrons. The van der Waals surface area contributed by atoms with E-state index in [4.69, 9.17) is 16.6 Å². The summed E-state index contributed by atoms with van der Waals surface area (Å²) in [6.07, 6.45) is 0.194. The number of hydrogen-bond donors (Lipinski definition) is 3. The largest absolute Gasteiger partial charge is 1.00 e. The topological polar surface area (TPSA) is 90.6 Å². The molecule has 0 fully saturated rings. The van der Waals surface area contributed by atoms with Crippen LogP contribution in [0.15, 0.2) is 93.9 Å². The van der Waals surface area contributed by atoms with E-state index in [0.29, 0.717) is 17.1 Å². The molecule has 0 heterocycles. The van der Waals surface area contributed by atoms with Crippen LogP contribution < -0.4 is 39.4 Å². The van der Waals surface area contributed by atoms with Crippen molar-refractivity contribution in [1.82, 2.24) is 0 Å². The Morgan fingerprint density at radius 3 is 1.62 bits per heavy atom. The Morgan fingerprint density at radius 1 is 0.771 bits per heavy atom. The number of nitrogen functional groups attached to an aromatic ring is 1. The summed E-state index contributed by atoms with van der Waals surface area (Å²) in [5, 5.41) is 3.32. The van der Waals surface area contributed by atoms with Crippen molar-refractivity contribution in [2.75, 3.05) is 31.5 Å². The SMILES string of the molecule is COc1ccc(C(=O)C(C)(C)C)c(F)c1.COc1ccc(C(=O)C(C)(C)C)c(Nc2ccccc2Br)c1.Nc1ccccc1Br.[2H]CS.[H-].[Li+]. The van der Waals surface area contributed by atoms with Crippen molar-refractivity contribution in [2.45, 2.75) is 41.5 Å². The van der Waals surface area contributed by atoms with E-state index in [1.807, 2.05) is 87.5 Å². The number of nitrogens with two attached hydrogens (primary N) is 1. The second kappa shape index (κ2) is 21.4. The standard InChI is InChI=1S/C18H20BrNO2.C12H15FO2.C6H6BrN.CH4S.Li.H/c1-18(2,3)17(21)13-10-9-12(22-4)11-16(13)20-15-8-6-5-7-14(15)19;1-12(2,3)11(14)9-6-5-8(15-4)7-10(9)13;7-5-3-1-2-4-6(5)8;1-2;;/h5-11,20H,1-4H3;5-7H,1-4H3;1-4H,8H2;2H,1H3;;/q;;;;+1;-1/i;;;1D;;. The van der Waals surface area contributed by atoms with Gasteiger partial charge < -0.3 is 22.0 Å². The molecule has 6 nitrogen and oxygen atoms in total. The number of halogens is 3. The Kier molecular flexibility index (Phi) is 19.3. The van der Waals surface area contributed by atoms with Gasteiger partial charge in [-0.2, -0.15) is 12.6 Å². The van der Waals surface area contributed by atoms with Gasteiger partial charge in [-0.3, -0.25) is 9.59 Å². The number of carbonyl (C=O) groups is 2. The van der Waals surface area contributed by atoms with Crippen molar-refractivity contribution in [3.8, 4) is 11.5 Å². The van der Waals surface area contributed by atoms with Gasteiger partial charge in [-0.15, -0.1) is 0 Å². The van der Waals surface area contributed by atoms with Gasteiger partial charge in [0.05, 0.1) is 31.2 Å². The van der Waals surface area contributed by atoms with Gasteiger partial charge in [0.2, 0.25) is 0 Å². The van der Waals surface area contributed by atoms with E-state index in [-0.39, 0.29) is 43.6 Å². The van der Waals surface area contributed by atoms with Crippen molar-refractivity contribution < 1.29 is 45.1 Å². The molecule has 0 saturated carbocycles. The minimum absolute atomic E-state index is 0. The zero-order valence-corrected chi connectivity index (χ0v) is 33.1. The third-order valence-corrected chi connectivity index (χ3v) is 7.72. The van der Waals surface area contributed by atoms with Crippen LogP contribution in [0.5, 0.6) is 11.5 Å². The van der Waals surface area contributed by atoms with E-state index in [9.17, 15) is 14.0 Å². The molecule has 0 spiro atoms. The van der Waals surface area contributed by atoms with Gasteiger partial charge in [0, 0.05) is 44.5 Å². The van der Waals surface area contributed by atoms with Crippen molar-refractivity contribution in [1.29, 1.82) is 0 Å². The number of methoxy groups -OCH3 is 2. The summed E-state index contributed by atoms with van der Waals surface area (Å²) >= 11 is 10.2. The van der Waals surface area contributed by atoms with Crippen LogP contribution in [-0.4, -0.2) is 32.0 Å². The Labute approximate surface area is 322 Å². The quantitative estimate of drug-likeness (QED) is 0.0790. The fraction of sp³-hybridized carbons (Fsp3) is 0.297. The summed E-state index contributed by atoms with van der Waals surface area (Å²) in [6, 6.07) is 25.1. The molecule has 0 aromatic heterocycles. The minimum atomic E-state index is -0.574. The average molecular weight is 802 g/mol. The van der Waals surface area contributed by atoms with Gasteiger partial charge in [0.25, 0.3) is 0 Å². The van der Waals surface area contributed by atoms with E-state index in [1.165, 1.54) is 19.2 Å². The maximum absolute atomic E-state index is 13.5. The first-order valence-corrected chi connectivity index (χ1v) is 16.7. The second-order valence-corrected chi connectivity index (χ2v) is 13.8. The third-order valence-electron chi connectivity index (χ3n) is 6.30. The number of nitrogens with one attached hydrogen (secondary N) is 1. The molecule has 0 radical (unpaired) electrons. The molecule has 0 aliphatic rings. The number of ketones is 2. The number of Topliss-reactive ketones (excluding diaryl/α,β-unsaturated/α-hetero) is 2. The Balaban J connectivity index is 0. The minimum Gasteiger partial charge on any atom is -1.00 e. The first-order chi connectivity index (χ1) is 22.4. The molecule has 0 atom stereocenters. The zero-order valence-electron chi connectivity index (χ0n) is 31.1. The summed E-state index contributed by atoms with van der Waals surface area (Å²) in [6.45, 7) is 11.0. The van der Waals surface area contributed by atoms with Crippen LogP contribution >= 0.6 is 44.5 Å². The Morgan fingerprint density at radius 2 is 1.21 bits per heavy atom. The van der Waals surface area contributed by atoms with Crippen molar-refractivity contribution in [2.24, 2.45) is 10.8 Å². The third kappa shape index (κ3) is 14.4. The van der Waals surface area contributed by atoms with Crippen LogP contribution in [0.2, 0.25) is 0 Å². The van der Waals surface area contributed by atoms with Crippen LogP contribution in [0.4, 0.5) is 21.5 Å². The van der Waals surface area contributed by atoms with Crippen LogP contribution in [0.1, 0.15) is 65.1 Å². The van der Waals surface area contributed by atoms with Gasteiger partial charge in [-0.05, 0) is 86.6 Å². The van der Waals surface area contributed by atoms with Gasteiger partial charge in [0.1, 0.15) is 17.3 Å². The number of anilines is 3. The molecule has 4 aromatic carbocycles. The maximum atomic E-state index is 13.5. The zero-order chi connectivity index (χ0) is 36.7. The van der Waals surface area contributed by atoms with Crippen LogP contribution in [-0.2, 0) is 0 Å². The van der Waals surface area contributed by atoms with E-state index >= 15 is 0 Å². The predicted molar refractivity (Wildman–Crippen MR) is 206 cm³/mol. The number of para-hydroxylation sites is 2. The van der Waals surface area contributed by atoms with Gasteiger partial charge in [0.15, 0.2) is 11.6 Å². The molecule has 0 unspecified atom stereocenters. The average Bonchev–Trinajstić information content (AvgIpc) is 3.03. The van der Waals surface area contributed by atoms with Gasteiger partial charge in [-0.1, -0.05) is 65.8 Å². The van der Waals surface area contributed by atoms with Crippen molar-refractivity contribution in [3.05, 3.63) is 111 Å². The molecule has 0 bridgehead atoms. The Bertz CT molecular complexity index is 1630. The summed E-state index contributed by atoms with van der Waals surface area (Å²) in [7, 11) is 3.07. The van der Waals surface area contributed by atoms with Crippen LogP contribution in [0.25, 0.3) is 0 Å². The number of carbonyl (C=O) groups excluding carboxylic acids is 2. The normalized spacial score (nSPS) is 10.5. The van der Waals surface area contributed by atoms with E-state index in [2.05, 4.69) is 49.8 Å². The smallest absolute Gasteiger partial charge is 1.00 e. The molecule has 11 heteroatoms. The molecule has 0 saturated heterocycles. The number of hydrogen-bond acceptors (Lipinski definition) is 7. The van der Waals surface area contributed by atoms with E-state index < -0.39 is 16.6 Å². The summed E-state index contributed by atoms with van der Waals surface area (Å²) in [5.74, 6) is 0.472. The van der Waals surface area contributed by atoms with Crippen LogP contribution in [0.3, 0.4) is 0 Å². The monoisotopic (exact) mass is 799 g/mol. The molecule has 3 N–H and O–H groups in total. The van der Waals surface area contributed by atoms with Gasteiger partial charge in [-0.25, -0.2) is 4.39 Å². The molecule has 0 amide bonds. The van der Waals surface area contributed by atoms with E-state index in [0.717, 1.165) is 26.0 Å². The fourth-order valence-electron chi connectivity index (χ4n) is 3.75. The number of thiol groups is 1. The Hall–Kier alpha value is -2.74. The number of benzene rings is 4. The first kappa shape index (κ1) is 43.3. The van der Waals surface area contributed by atoms with Crippen molar-refractivity contribution in [3.63, 3.8) is 0 Å². The summed E-state index contributed by atoms with van der Waals surface area (Å²) in [5.41, 5.74) is 7.65. The molecule has 48 heavy (non-hydrogen) atoms. The molecule has 4 rings (SSSR count). The van der Waals surface area contributed by atoms with Crippen molar-refractivity contribution >= 4 is 73.1 Å². The molecule has 4 aromatic rings.